The van der Waals surface area contributed by atoms with Crippen molar-refractivity contribution in [3.05, 3.63) is 6.42 Å². The Kier molecular flexibility index (Phi) is 2.17. The van der Waals surface area contributed by atoms with Gasteiger partial charge in [0.2, 0.25) is 0 Å². The van der Waals surface area contributed by atoms with E-state index in [9.17, 15) is 0 Å². The Morgan fingerprint density at radius 3 is 2.00 bits per heavy atom. The van der Waals surface area contributed by atoms with Gasteiger partial charge in [0.05, 0.1) is 0 Å². The molecular weight excluding hydrogens is 179 g/mol. The fraction of sp³-hybridized carbons (Fsp3) is 0.900. The molecule has 1 heteroatoms. The minimum Gasteiger partial charge on any atom is -0.322 e. The smallest absolute Gasteiger partial charge is 0 e. The molecule has 2 saturated carbocycles. The first-order valence-corrected chi connectivity index (χ1v) is 4.41. The summed E-state index contributed by atoms with van der Waals surface area (Å²) in [6, 6.07) is 0. The van der Waals surface area contributed by atoms with Gasteiger partial charge in [0.25, 0.3) is 0 Å². The summed E-state index contributed by atoms with van der Waals surface area (Å²) < 4.78 is 0. The van der Waals surface area contributed by atoms with Crippen molar-refractivity contribution in [1.82, 2.24) is 0 Å². The number of hydrogen-bond donors (Lipinski definition) is 0. The zero-order valence-corrected chi connectivity index (χ0v) is 8.58. The van der Waals surface area contributed by atoms with Gasteiger partial charge >= 0.3 is 0 Å². The van der Waals surface area contributed by atoms with Crippen molar-refractivity contribution in [1.29, 1.82) is 0 Å². The summed E-state index contributed by atoms with van der Waals surface area (Å²) in [5, 5.41) is 0. The molecule has 2 fully saturated rings. The Morgan fingerprint density at radius 1 is 1.27 bits per heavy atom. The summed E-state index contributed by atoms with van der Waals surface area (Å²) in [5.74, 6) is 0.998. The molecule has 0 spiro atoms. The first kappa shape index (κ1) is 9.58. The standard InChI is InChI=1S/C10H17.Ni/c1-9(2)8-4-6-10(9,3)7-5-8;/h6,8H,4-5,7H2,1-3H3;/q-1;. The molecule has 2 bridgehead atoms. The molecule has 0 aromatic carbocycles. The predicted molar refractivity (Wildman–Crippen MR) is 43.5 cm³/mol. The fourth-order valence-electron chi connectivity index (χ4n) is 2.80. The maximum Gasteiger partial charge on any atom is 0 e. The number of hydrogen-bond acceptors (Lipinski definition) is 0. The molecule has 0 nitrogen and oxygen atoms in total. The molecule has 2 atom stereocenters. The van der Waals surface area contributed by atoms with Crippen LogP contribution in [0.3, 0.4) is 0 Å². The second-order valence-electron chi connectivity index (χ2n) is 4.81. The molecule has 2 rings (SSSR count). The van der Waals surface area contributed by atoms with Crippen LogP contribution in [-0.2, 0) is 16.5 Å². The molecule has 68 valence electrons. The van der Waals surface area contributed by atoms with Gasteiger partial charge in [-0.1, -0.05) is 44.9 Å². The Bertz CT molecular complexity index is 150. The topological polar surface area (TPSA) is 0 Å². The van der Waals surface area contributed by atoms with Gasteiger partial charge in [-0.15, -0.1) is 0 Å². The molecule has 0 aromatic rings. The van der Waals surface area contributed by atoms with Crippen LogP contribution in [-0.4, -0.2) is 0 Å². The van der Waals surface area contributed by atoms with Crippen LogP contribution in [0.1, 0.15) is 40.0 Å². The van der Waals surface area contributed by atoms with Crippen LogP contribution >= 0.6 is 0 Å². The van der Waals surface area contributed by atoms with Crippen LogP contribution in [0.25, 0.3) is 0 Å². The Labute approximate surface area is 80.1 Å². The van der Waals surface area contributed by atoms with E-state index in [1.807, 2.05) is 0 Å². The predicted octanol–water partition coefficient (Wildman–Crippen LogP) is 3.03. The molecule has 0 saturated heterocycles. The van der Waals surface area contributed by atoms with Gasteiger partial charge in [0.1, 0.15) is 0 Å². The fourth-order valence-corrected chi connectivity index (χ4v) is 2.80. The van der Waals surface area contributed by atoms with Crippen LogP contribution in [0.4, 0.5) is 0 Å². The molecule has 0 aliphatic heterocycles. The van der Waals surface area contributed by atoms with E-state index in [1.165, 1.54) is 19.3 Å². The maximum absolute atomic E-state index is 2.56. The first-order chi connectivity index (χ1) is 4.56. The van der Waals surface area contributed by atoms with Gasteiger partial charge in [-0.25, -0.2) is 0 Å². The van der Waals surface area contributed by atoms with Gasteiger partial charge in [-0.3, -0.25) is 0 Å². The number of fused-ring (bicyclic) bond motifs is 2. The van der Waals surface area contributed by atoms with Crippen molar-refractivity contribution >= 4 is 0 Å². The van der Waals surface area contributed by atoms with Gasteiger partial charge in [0.15, 0.2) is 0 Å². The molecule has 0 amide bonds. The average molecular weight is 196 g/mol. The van der Waals surface area contributed by atoms with Crippen molar-refractivity contribution < 1.29 is 16.5 Å². The summed E-state index contributed by atoms with van der Waals surface area (Å²) in [4.78, 5) is 0. The molecule has 2 aliphatic carbocycles. The van der Waals surface area contributed by atoms with Crippen molar-refractivity contribution in [3.8, 4) is 0 Å². The van der Waals surface area contributed by atoms with Crippen molar-refractivity contribution in [3.63, 3.8) is 0 Å². The van der Waals surface area contributed by atoms with Crippen LogP contribution in [0.2, 0.25) is 0 Å². The van der Waals surface area contributed by atoms with E-state index in [1.54, 1.807) is 0 Å². The zero-order chi connectivity index (χ0) is 7.41. The largest absolute Gasteiger partial charge is 0.322 e. The van der Waals surface area contributed by atoms with Gasteiger partial charge in [-0.2, -0.15) is 11.8 Å². The minimum atomic E-state index is 0. The van der Waals surface area contributed by atoms with E-state index in [-0.39, 0.29) is 16.5 Å². The van der Waals surface area contributed by atoms with E-state index in [0.717, 1.165) is 5.92 Å². The zero-order valence-electron chi connectivity index (χ0n) is 7.59. The molecule has 0 aromatic heterocycles. The molecule has 0 heterocycles. The average Bonchev–Trinajstić information content (AvgIpc) is 2.18. The number of rotatable bonds is 0. The summed E-state index contributed by atoms with van der Waals surface area (Å²) in [6.45, 7) is 7.31. The SMILES string of the molecule is CC12[CH-]CC(CC1)C2(C)C.[Ni]. The summed E-state index contributed by atoms with van der Waals surface area (Å²) in [6.07, 6.45) is 6.84. The maximum atomic E-state index is 2.56. The van der Waals surface area contributed by atoms with Crippen molar-refractivity contribution in [2.75, 3.05) is 0 Å². The third-order valence-corrected chi connectivity index (χ3v) is 4.36. The molecular formula is C10H17Ni-. The van der Waals surface area contributed by atoms with E-state index in [0.29, 0.717) is 10.8 Å². The van der Waals surface area contributed by atoms with Gasteiger partial charge in [-0.05, 0) is 0 Å². The second-order valence-corrected chi connectivity index (χ2v) is 4.81. The Hall–Kier alpha value is 0.494. The summed E-state index contributed by atoms with van der Waals surface area (Å²) >= 11 is 0. The molecule has 11 heavy (non-hydrogen) atoms. The first-order valence-electron chi connectivity index (χ1n) is 4.41. The van der Waals surface area contributed by atoms with Crippen LogP contribution < -0.4 is 0 Å². The summed E-state index contributed by atoms with van der Waals surface area (Å²) in [7, 11) is 0. The van der Waals surface area contributed by atoms with E-state index in [2.05, 4.69) is 27.2 Å². The monoisotopic (exact) mass is 195 g/mol. The minimum absolute atomic E-state index is 0. The van der Waals surface area contributed by atoms with E-state index < -0.39 is 0 Å². The molecule has 0 N–H and O–H groups in total. The normalized spacial score (nSPS) is 45.5. The van der Waals surface area contributed by atoms with Crippen molar-refractivity contribution in [2.45, 2.75) is 40.0 Å². The van der Waals surface area contributed by atoms with Crippen LogP contribution in [0.15, 0.2) is 0 Å². The molecule has 2 aliphatic rings. The Balaban J connectivity index is 0.000000605. The third-order valence-electron chi connectivity index (χ3n) is 4.36. The van der Waals surface area contributed by atoms with E-state index in [4.69, 9.17) is 0 Å². The van der Waals surface area contributed by atoms with Crippen LogP contribution in [0.5, 0.6) is 0 Å². The van der Waals surface area contributed by atoms with Crippen LogP contribution in [0, 0.1) is 23.2 Å². The molecule has 0 radical (unpaired) electrons. The summed E-state index contributed by atoms with van der Waals surface area (Å²) in [5.41, 5.74) is 1.19. The van der Waals surface area contributed by atoms with Crippen molar-refractivity contribution in [2.24, 2.45) is 16.7 Å². The second kappa shape index (κ2) is 2.49. The quantitative estimate of drug-likeness (QED) is 0.412. The Morgan fingerprint density at radius 2 is 1.91 bits per heavy atom. The van der Waals surface area contributed by atoms with E-state index >= 15 is 0 Å². The molecule has 2 unspecified atom stereocenters. The van der Waals surface area contributed by atoms with Gasteiger partial charge < -0.3 is 6.42 Å². The third kappa shape index (κ3) is 1.00. The van der Waals surface area contributed by atoms with Gasteiger partial charge in [0, 0.05) is 16.5 Å².